The lowest BCUT2D eigenvalue weighted by Gasteiger charge is -2.44. The van der Waals surface area contributed by atoms with Crippen LogP contribution in [0.15, 0.2) is 12.1 Å². The van der Waals surface area contributed by atoms with Crippen LogP contribution in [-0.2, 0) is 15.4 Å². The largest absolute Gasteiger partial charge is 0.352 e. The van der Waals surface area contributed by atoms with E-state index in [0.29, 0.717) is 24.9 Å². The third kappa shape index (κ3) is 4.12. The maximum Gasteiger partial charge on any atom is 0.214 e. The highest BCUT2D eigenvalue weighted by Gasteiger charge is 2.33. The average Bonchev–Trinajstić information content (AvgIpc) is 2.82. The van der Waals surface area contributed by atoms with Gasteiger partial charge in [-0.3, -0.25) is 4.90 Å². The zero-order valence-electron chi connectivity index (χ0n) is 15.6. The summed E-state index contributed by atoms with van der Waals surface area (Å²) in [5, 5.41) is 8.71. The lowest BCUT2D eigenvalue weighted by Crippen LogP contribution is -2.59. The Morgan fingerprint density at radius 1 is 1.24 bits per heavy atom. The number of hydrogen-bond acceptors (Lipinski definition) is 6. The van der Waals surface area contributed by atoms with E-state index in [9.17, 15) is 8.42 Å². The topological polar surface area (TPSA) is 69.6 Å². The molecule has 2 aliphatic rings. The molecule has 1 aromatic heterocycles. The minimum Gasteiger partial charge on any atom is -0.352 e. The van der Waals surface area contributed by atoms with Crippen molar-refractivity contribution in [3.63, 3.8) is 0 Å². The minimum atomic E-state index is -2.99. The highest BCUT2D eigenvalue weighted by Crippen LogP contribution is 2.24. The Hall–Kier alpha value is -1.25. The Kier molecular flexibility index (Phi) is 5.05. The molecular formula is C17H29N5O2S. The van der Waals surface area contributed by atoms with Crippen LogP contribution in [-0.4, -0.2) is 79.4 Å². The van der Waals surface area contributed by atoms with E-state index in [0.717, 1.165) is 37.6 Å². The van der Waals surface area contributed by atoms with Gasteiger partial charge >= 0.3 is 0 Å². The number of rotatable bonds is 5. The minimum absolute atomic E-state index is 0.0130. The Morgan fingerprint density at radius 2 is 1.96 bits per heavy atom. The number of sulfonamides is 1. The van der Waals surface area contributed by atoms with Crippen LogP contribution in [0.3, 0.4) is 0 Å². The van der Waals surface area contributed by atoms with Crippen molar-refractivity contribution in [2.45, 2.75) is 38.6 Å². The normalized spacial score (nSPS) is 21.7. The molecule has 8 heteroatoms. The van der Waals surface area contributed by atoms with E-state index in [1.54, 1.807) is 4.31 Å². The molecule has 0 saturated carbocycles. The molecule has 0 unspecified atom stereocenters. The van der Waals surface area contributed by atoms with Crippen LogP contribution in [0.2, 0.25) is 0 Å². The lowest BCUT2D eigenvalue weighted by molar-refractivity contribution is 0.193. The Morgan fingerprint density at radius 3 is 2.48 bits per heavy atom. The standard InChI is InChI=1S/C17H29N5O2S/c1-17(2,3)15-6-7-16(19-18-15)21-12-14(13-21)20(4)9-10-22-8-5-11-25(22,23)24/h6-7,14H,5,8-13H2,1-4H3. The molecule has 25 heavy (non-hydrogen) atoms. The molecule has 0 atom stereocenters. The van der Waals surface area contributed by atoms with Crippen LogP contribution in [0.4, 0.5) is 5.82 Å². The summed E-state index contributed by atoms with van der Waals surface area (Å²) in [6.45, 7) is 10.2. The second-order valence-electron chi connectivity index (χ2n) is 8.13. The maximum atomic E-state index is 11.8. The van der Waals surface area contributed by atoms with E-state index in [4.69, 9.17) is 0 Å². The van der Waals surface area contributed by atoms with Crippen molar-refractivity contribution in [2.24, 2.45) is 0 Å². The lowest BCUT2D eigenvalue weighted by atomic mass is 9.92. The molecule has 2 saturated heterocycles. The molecule has 2 fully saturated rings. The van der Waals surface area contributed by atoms with Gasteiger partial charge in [0, 0.05) is 44.2 Å². The second-order valence-corrected chi connectivity index (χ2v) is 10.2. The molecule has 1 aromatic rings. The van der Waals surface area contributed by atoms with Crippen LogP contribution in [0.25, 0.3) is 0 Å². The summed E-state index contributed by atoms with van der Waals surface area (Å²) in [5.41, 5.74) is 1.01. The molecule has 0 spiro atoms. The molecule has 0 amide bonds. The van der Waals surface area contributed by atoms with Crippen LogP contribution in [0.1, 0.15) is 32.9 Å². The number of nitrogens with zero attached hydrogens (tertiary/aromatic N) is 5. The first kappa shape index (κ1) is 18.5. The van der Waals surface area contributed by atoms with Crippen molar-refractivity contribution in [2.75, 3.05) is 50.4 Å². The summed E-state index contributed by atoms with van der Waals surface area (Å²) in [7, 11) is -0.921. The summed E-state index contributed by atoms with van der Waals surface area (Å²) >= 11 is 0. The van der Waals surface area contributed by atoms with Crippen LogP contribution in [0.5, 0.6) is 0 Å². The van der Waals surface area contributed by atoms with Crippen molar-refractivity contribution < 1.29 is 8.42 Å². The second kappa shape index (κ2) is 6.81. The molecule has 3 rings (SSSR count). The first-order valence-corrected chi connectivity index (χ1v) is 10.5. The molecule has 3 heterocycles. The summed E-state index contributed by atoms with van der Waals surface area (Å²) in [5.74, 6) is 1.22. The predicted octanol–water partition coefficient (Wildman–Crippen LogP) is 0.930. The quantitative estimate of drug-likeness (QED) is 0.771. The van der Waals surface area contributed by atoms with Crippen molar-refractivity contribution in [3.05, 3.63) is 17.8 Å². The van der Waals surface area contributed by atoms with E-state index in [-0.39, 0.29) is 5.41 Å². The molecule has 140 valence electrons. The zero-order valence-corrected chi connectivity index (χ0v) is 16.5. The summed E-state index contributed by atoms with van der Waals surface area (Å²) in [6, 6.07) is 4.53. The summed E-state index contributed by atoms with van der Waals surface area (Å²) in [4.78, 5) is 4.47. The van der Waals surface area contributed by atoms with Crippen LogP contribution in [0, 0.1) is 0 Å². The summed E-state index contributed by atoms with van der Waals surface area (Å²) in [6.07, 6.45) is 0.756. The highest BCUT2D eigenvalue weighted by molar-refractivity contribution is 7.89. The van der Waals surface area contributed by atoms with Gasteiger partial charge in [-0.15, -0.1) is 5.10 Å². The van der Waals surface area contributed by atoms with Gasteiger partial charge < -0.3 is 4.90 Å². The van der Waals surface area contributed by atoms with Crippen molar-refractivity contribution in [1.82, 2.24) is 19.4 Å². The van der Waals surface area contributed by atoms with Gasteiger partial charge in [-0.25, -0.2) is 12.7 Å². The third-order valence-electron chi connectivity index (χ3n) is 5.13. The van der Waals surface area contributed by atoms with Gasteiger partial charge in [0.1, 0.15) is 0 Å². The van der Waals surface area contributed by atoms with Gasteiger partial charge in [0.2, 0.25) is 10.0 Å². The SMILES string of the molecule is CN(CCN1CCCS1(=O)=O)C1CN(c2ccc(C(C)(C)C)nn2)C1. The molecule has 0 aliphatic carbocycles. The maximum absolute atomic E-state index is 11.8. The molecule has 7 nitrogen and oxygen atoms in total. The Labute approximate surface area is 151 Å². The molecule has 0 aromatic carbocycles. The molecule has 0 bridgehead atoms. The fourth-order valence-electron chi connectivity index (χ4n) is 3.21. The van der Waals surface area contributed by atoms with Gasteiger partial charge in [-0.05, 0) is 25.6 Å². The number of hydrogen-bond donors (Lipinski definition) is 0. The Bertz CT molecular complexity index is 693. The summed E-state index contributed by atoms with van der Waals surface area (Å²) < 4.78 is 25.3. The zero-order chi connectivity index (χ0) is 18.2. The fraction of sp³-hybridized carbons (Fsp3) is 0.765. The van der Waals surface area contributed by atoms with Crippen molar-refractivity contribution in [3.8, 4) is 0 Å². The smallest absolute Gasteiger partial charge is 0.214 e. The van der Waals surface area contributed by atoms with Crippen molar-refractivity contribution in [1.29, 1.82) is 0 Å². The molecule has 0 radical (unpaired) electrons. The van der Waals surface area contributed by atoms with Crippen LogP contribution < -0.4 is 4.90 Å². The van der Waals surface area contributed by atoms with Crippen LogP contribution >= 0.6 is 0 Å². The Balaban J connectivity index is 1.47. The number of likely N-dealkylation sites (N-methyl/N-ethyl adjacent to an activating group) is 1. The molecular weight excluding hydrogens is 338 g/mol. The molecule has 2 aliphatic heterocycles. The van der Waals surface area contributed by atoms with E-state index >= 15 is 0 Å². The van der Waals surface area contributed by atoms with E-state index in [1.165, 1.54) is 0 Å². The highest BCUT2D eigenvalue weighted by atomic mass is 32.2. The van der Waals surface area contributed by atoms with Gasteiger partial charge in [0.25, 0.3) is 0 Å². The average molecular weight is 368 g/mol. The van der Waals surface area contributed by atoms with Crippen molar-refractivity contribution >= 4 is 15.8 Å². The van der Waals surface area contributed by atoms with Gasteiger partial charge in [0.15, 0.2) is 5.82 Å². The first-order valence-electron chi connectivity index (χ1n) is 8.94. The number of aromatic nitrogens is 2. The van der Waals surface area contributed by atoms with E-state index in [1.807, 2.05) is 6.07 Å². The first-order chi connectivity index (χ1) is 11.7. The van der Waals surface area contributed by atoms with E-state index < -0.39 is 10.0 Å². The third-order valence-corrected chi connectivity index (χ3v) is 7.09. The van der Waals surface area contributed by atoms with Gasteiger partial charge in [0.05, 0.1) is 11.4 Å². The number of anilines is 1. The monoisotopic (exact) mass is 367 g/mol. The fourth-order valence-corrected chi connectivity index (χ4v) is 4.73. The predicted molar refractivity (Wildman–Crippen MR) is 99.3 cm³/mol. The molecule has 0 N–H and O–H groups in total. The van der Waals surface area contributed by atoms with Gasteiger partial charge in [-0.2, -0.15) is 5.10 Å². The van der Waals surface area contributed by atoms with Gasteiger partial charge in [-0.1, -0.05) is 20.8 Å². The van der Waals surface area contributed by atoms with E-state index in [2.05, 4.69) is 53.9 Å².